The fourth-order valence-corrected chi connectivity index (χ4v) is 4.16. The number of hydrazine groups is 1. The minimum absolute atomic E-state index is 0.0585. The van der Waals surface area contributed by atoms with E-state index in [1.807, 2.05) is 30.3 Å². The lowest BCUT2D eigenvalue weighted by Gasteiger charge is -2.14. The van der Waals surface area contributed by atoms with Crippen LogP contribution >= 0.6 is 50.7 Å². The molecule has 0 atom stereocenters. The van der Waals surface area contributed by atoms with Crippen LogP contribution in [-0.4, -0.2) is 30.6 Å². The Balaban J connectivity index is 1.56. The number of rotatable bonds is 7. The summed E-state index contributed by atoms with van der Waals surface area (Å²) in [5.41, 5.74) is 6.87. The third-order valence-electron chi connectivity index (χ3n) is 4.61. The SMILES string of the molecule is COc1ccc(C(=O)NNC(=S)NC(=O)c2cc(Br)ccc2OCCc2ccccc2)cc1I. The molecule has 3 aromatic rings. The molecule has 3 N–H and O–H groups in total. The molecule has 0 unspecified atom stereocenters. The van der Waals surface area contributed by atoms with Crippen LogP contribution in [-0.2, 0) is 6.42 Å². The molecule has 0 saturated carbocycles. The molecule has 2 amide bonds. The van der Waals surface area contributed by atoms with Crippen molar-refractivity contribution >= 4 is 67.7 Å². The first-order chi connectivity index (χ1) is 16.4. The van der Waals surface area contributed by atoms with E-state index in [2.05, 4.69) is 54.7 Å². The molecule has 0 aliphatic heterocycles. The summed E-state index contributed by atoms with van der Waals surface area (Å²) in [5.74, 6) is 0.214. The van der Waals surface area contributed by atoms with Crippen LogP contribution in [0.4, 0.5) is 0 Å². The Hall–Kier alpha value is -2.70. The first kappa shape index (κ1) is 25.9. The number of carbonyl (C=O) groups excluding carboxylic acids is 2. The lowest BCUT2D eigenvalue weighted by molar-refractivity contribution is 0.0933. The van der Waals surface area contributed by atoms with Crippen molar-refractivity contribution in [3.63, 3.8) is 0 Å². The van der Waals surface area contributed by atoms with Gasteiger partial charge >= 0.3 is 0 Å². The van der Waals surface area contributed by atoms with Crippen LogP contribution in [0.5, 0.6) is 11.5 Å². The number of ether oxygens (including phenoxy) is 2. The van der Waals surface area contributed by atoms with Crippen molar-refractivity contribution in [1.82, 2.24) is 16.2 Å². The van der Waals surface area contributed by atoms with Crippen molar-refractivity contribution in [3.05, 3.63) is 91.5 Å². The molecule has 10 heteroatoms. The lowest BCUT2D eigenvalue weighted by atomic mass is 10.1. The third kappa shape index (κ3) is 7.40. The van der Waals surface area contributed by atoms with Gasteiger partial charge in [-0.1, -0.05) is 46.3 Å². The Kier molecular flexibility index (Phi) is 9.66. The smallest absolute Gasteiger partial charge is 0.269 e. The minimum atomic E-state index is -0.471. The molecule has 0 heterocycles. The van der Waals surface area contributed by atoms with Gasteiger partial charge in [0, 0.05) is 16.5 Å². The number of carbonyl (C=O) groups is 2. The summed E-state index contributed by atoms with van der Waals surface area (Å²) in [6.07, 6.45) is 0.703. The Morgan fingerprint density at radius 3 is 2.41 bits per heavy atom. The molecule has 3 rings (SSSR count). The molecule has 0 aromatic heterocycles. The Labute approximate surface area is 224 Å². The normalized spacial score (nSPS) is 10.2. The molecule has 0 saturated heterocycles. The number of nitrogens with one attached hydrogen (secondary N) is 3. The number of methoxy groups -OCH3 is 1. The maximum atomic E-state index is 12.8. The summed E-state index contributed by atoms with van der Waals surface area (Å²) in [6.45, 7) is 0.408. The Morgan fingerprint density at radius 2 is 1.71 bits per heavy atom. The predicted molar refractivity (Wildman–Crippen MR) is 146 cm³/mol. The first-order valence-electron chi connectivity index (χ1n) is 10.1. The van der Waals surface area contributed by atoms with Crippen LogP contribution in [0.1, 0.15) is 26.3 Å². The van der Waals surface area contributed by atoms with Crippen LogP contribution in [0.2, 0.25) is 0 Å². The van der Waals surface area contributed by atoms with Gasteiger partial charge in [0.15, 0.2) is 5.11 Å². The quantitative estimate of drug-likeness (QED) is 0.196. The van der Waals surface area contributed by atoms with E-state index >= 15 is 0 Å². The average molecular weight is 654 g/mol. The monoisotopic (exact) mass is 653 g/mol. The van der Waals surface area contributed by atoms with Crippen molar-refractivity contribution in [2.24, 2.45) is 0 Å². The zero-order valence-corrected chi connectivity index (χ0v) is 22.6. The number of hydrogen-bond acceptors (Lipinski definition) is 5. The van der Waals surface area contributed by atoms with Crippen LogP contribution in [0.25, 0.3) is 0 Å². The number of thiocarbonyl (C=S) groups is 1. The van der Waals surface area contributed by atoms with Gasteiger partial charge < -0.3 is 9.47 Å². The maximum Gasteiger partial charge on any atom is 0.269 e. The van der Waals surface area contributed by atoms with E-state index in [0.717, 1.165) is 9.13 Å². The molecule has 3 aromatic carbocycles. The Morgan fingerprint density at radius 1 is 0.971 bits per heavy atom. The summed E-state index contributed by atoms with van der Waals surface area (Å²) in [4.78, 5) is 25.2. The van der Waals surface area contributed by atoms with Crippen LogP contribution < -0.4 is 25.6 Å². The largest absolute Gasteiger partial charge is 0.496 e. The Bertz CT molecular complexity index is 1190. The van der Waals surface area contributed by atoms with Gasteiger partial charge in [0.2, 0.25) is 0 Å². The van der Waals surface area contributed by atoms with E-state index < -0.39 is 11.8 Å². The van der Waals surface area contributed by atoms with E-state index in [1.165, 1.54) is 0 Å². The number of hydrogen-bond donors (Lipinski definition) is 3. The highest BCUT2D eigenvalue weighted by Gasteiger charge is 2.16. The zero-order valence-electron chi connectivity index (χ0n) is 18.1. The molecule has 7 nitrogen and oxygen atoms in total. The molecule has 0 spiro atoms. The van der Waals surface area contributed by atoms with E-state index in [-0.39, 0.29) is 5.11 Å². The van der Waals surface area contributed by atoms with Crippen molar-refractivity contribution in [2.45, 2.75) is 6.42 Å². The van der Waals surface area contributed by atoms with E-state index in [9.17, 15) is 9.59 Å². The molecule has 0 aliphatic carbocycles. The summed E-state index contributed by atoms with van der Waals surface area (Å²) in [6, 6.07) is 20.1. The van der Waals surface area contributed by atoms with Crippen LogP contribution in [0, 0.1) is 3.57 Å². The molecule has 0 bridgehead atoms. The standard InChI is InChI=1S/C24H21BrIN3O4S/c1-32-21-9-7-16(13-19(21)26)22(30)28-29-24(34)27-23(31)18-14-17(25)8-10-20(18)33-12-11-15-5-3-2-4-6-15/h2-10,13-14H,11-12H2,1H3,(H,28,30)(H2,27,29,31,34). The minimum Gasteiger partial charge on any atom is -0.496 e. The molecule has 0 radical (unpaired) electrons. The van der Waals surface area contributed by atoms with Gasteiger partial charge in [0.05, 0.1) is 22.9 Å². The van der Waals surface area contributed by atoms with Gasteiger partial charge in [-0.2, -0.15) is 0 Å². The first-order valence-corrected chi connectivity index (χ1v) is 12.4. The second kappa shape index (κ2) is 12.7. The fourth-order valence-electron chi connectivity index (χ4n) is 2.92. The van der Waals surface area contributed by atoms with Crippen molar-refractivity contribution in [2.75, 3.05) is 13.7 Å². The molecule has 0 fully saturated rings. The molecule has 176 valence electrons. The zero-order chi connectivity index (χ0) is 24.5. The van der Waals surface area contributed by atoms with Gasteiger partial charge in [-0.15, -0.1) is 0 Å². The highest BCUT2D eigenvalue weighted by Crippen LogP contribution is 2.24. The lowest BCUT2D eigenvalue weighted by Crippen LogP contribution is -2.48. The number of halogens is 2. The van der Waals surface area contributed by atoms with Crippen molar-refractivity contribution < 1.29 is 19.1 Å². The summed E-state index contributed by atoms with van der Waals surface area (Å²) >= 11 is 10.6. The number of benzene rings is 3. The third-order valence-corrected chi connectivity index (χ3v) is 6.15. The highest BCUT2D eigenvalue weighted by atomic mass is 127. The van der Waals surface area contributed by atoms with Crippen LogP contribution in [0.3, 0.4) is 0 Å². The van der Waals surface area contributed by atoms with E-state index in [0.29, 0.717) is 40.1 Å². The summed E-state index contributed by atoms with van der Waals surface area (Å²) < 4.78 is 12.6. The molecular formula is C24H21BrIN3O4S. The fraction of sp³-hybridized carbons (Fsp3) is 0.125. The molecule has 34 heavy (non-hydrogen) atoms. The van der Waals surface area contributed by atoms with Gasteiger partial charge in [-0.3, -0.25) is 25.8 Å². The average Bonchev–Trinajstić information content (AvgIpc) is 2.84. The van der Waals surface area contributed by atoms with Gasteiger partial charge in [0.1, 0.15) is 11.5 Å². The second-order valence-electron chi connectivity index (χ2n) is 6.94. The molecular weight excluding hydrogens is 633 g/mol. The van der Waals surface area contributed by atoms with E-state index in [1.54, 1.807) is 43.5 Å². The van der Waals surface area contributed by atoms with Gasteiger partial charge in [0.25, 0.3) is 11.8 Å². The highest BCUT2D eigenvalue weighted by molar-refractivity contribution is 14.1. The molecule has 0 aliphatic rings. The van der Waals surface area contributed by atoms with Gasteiger partial charge in [-0.05, 0) is 76.8 Å². The summed E-state index contributed by atoms with van der Waals surface area (Å²) in [7, 11) is 1.56. The van der Waals surface area contributed by atoms with Crippen LogP contribution in [0.15, 0.2) is 71.2 Å². The maximum absolute atomic E-state index is 12.8. The summed E-state index contributed by atoms with van der Waals surface area (Å²) in [5, 5.41) is 2.49. The van der Waals surface area contributed by atoms with Gasteiger partial charge in [-0.25, -0.2) is 0 Å². The van der Waals surface area contributed by atoms with E-state index in [4.69, 9.17) is 21.7 Å². The number of amides is 2. The van der Waals surface area contributed by atoms with Crippen molar-refractivity contribution in [3.8, 4) is 11.5 Å². The second-order valence-corrected chi connectivity index (χ2v) is 9.42. The topological polar surface area (TPSA) is 88.7 Å². The van der Waals surface area contributed by atoms with Crippen molar-refractivity contribution in [1.29, 1.82) is 0 Å². The predicted octanol–water partition coefficient (Wildman–Crippen LogP) is 4.63.